The predicted octanol–water partition coefficient (Wildman–Crippen LogP) is 0.0238. The molecule has 0 N–H and O–H groups in total. The lowest BCUT2D eigenvalue weighted by molar-refractivity contribution is 0.103. The molecule has 0 atom stereocenters. The summed E-state index contributed by atoms with van der Waals surface area (Å²) in [6.07, 6.45) is 0. The van der Waals surface area contributed by atoms with Gasteiger partial charge in [0, 0.05) is 6.04 Å². The van der Waals surface area contributed by atoms with Crippen LogP contribution >= 0.6 is 0 Å². The van der Waals surface area contributed by atoms with Gasteiger partial charge in [-0.3, -0.25) is 7.05 Å². The molecule has 1 fully saturated rings. The van der Waals surface area contributed by atoms with Crippen LogP contribution < -0.4 is 0 Å². The molecule has 0 saturated carbocycles. The highest BCUT2D eigenvalue weighted by Crippen LogP contribution is 2.08. The van der Waals surface area contributed by atoms with Crippen molar-refractivity contribution in [2.45, 2.75) is 6.04 Å². The second-order valence-electron chi connectivity index (χ2n) is 2.65. The molecule has 0 aromatic heterocycles. The lowest BCUT2D eigenvalue weighted by Gasteiger charge is -2.46. The van der Waals surface area contributed by atoms with Gasteiger partial charge >= 0.3 is 0 Å². The Morgan fingerprint density at radius 1 is 1.50 bits per heavy atom. The van der Waals surface area contributed by atoms with Gasteiger partial charge in [-0.05, 0) is 27.2 Å². The summed E-state index contributed by atoms with van der Waals surface area (Å²) in [6, 6.07) is 0.757. The molecule has 1 rings (SSSR count). The van der Waals surface area contributed by atoms with Crippen LogP contribution in [0.3, 0.4) is 0 Å². The van der Waals surface area contributed by atoms with Gasteiger partial charge in [-0.25, -0.2) is 0 Å². The molecule has 0 radical (unpaired) electrons. The third-order valence-corrected chi connectivity index (χ3v) is 1.67. The van der Waals surface area contributed by atoms with Gasteiger partial charge in [-0.15, -0.1) is 0 Å². The highest BCUT2D eigenvalue weighted by atomic mass is 15.3. The summed E-state index contributed by atoms with van der Waals surface area (Å²) < 4.78 is 0. The monoisotopic (exact) mass is 113 g/mol. The van der Waals surface area contributed by atoms with E-state index in [-0.39, 0.29) is 0 Å². The highest BCUT2D eigenvalue weighted by Gasteiger charge is 2.19. The van der Waals surface area contributed by atoms with Gasteiger partial charge in [0.05, 0.1) is 0 Å². The normalized spacial score (nSPS) is 24.0. The van der Waals surface area contributed by atoms with Gasteiger partial charge < -0.3 is 9.80 Å². The number of nitrogens with zero attached hydrogens (tertiary/aromatic N) is 2. The highest BCUT2D eigenvalue weighted by molar-refractivity contribution is 4.84. The summed E-state index contributed by atoms with van der Waals surface area (Å²) in [5.41, 5.74) is 0. The average Bonchev–Trinajstić information content (AvgIpc) is 1.57. The van der Waals surface area contributed by atoms with E-state index in [1.807, 2.05) is 0 Å². The van der Waals surface area contributed by atoms with Crippen LogP contribution in [0.25, 0.3) is 0 Å². The van der Waals surface area contributed by atoms with Crippen molar-refractivity contribution in [3.63, 3.8) is 0 Å². The number of likely N-dealkylation sites (N-methyl/N-ethyl adjacent to an activating group) is 1. The molecule has 1 heterocycles. The van der Waals surface area contributed by atoms with Crippen LogP contribution in [0.5, 0.6) is 0 Å². The van der Waals surface area contributed by atoms with Gasteiger partial charge in [0.1, 0.15) is 0 Å². The lowest BCUT2D eigenvalue weighted by atomic mass is 10.1. The molecule has 0 spiro atoms. The summed E-state index contributed by atoms with van der Waals surface area (Å²) in [6.45, 7) is 2.26. The fourth-order valence-corrected chi connectivity index (χ4v) is 0.869. The Kier molecular flexibility index (Phi) is 1.54. The SMILES string of the molecule is [CH2-]N1CC(N(C)C)C1. The molecule has 0 aromatic rings. The van der Waals surface area contributed by atoms with E-state index in [4.69, 9.17) is 0 Å². The summed E-state index contributed by atoms with van der Waals surface area (Å²) in [4.78, 5) is 4.31. The van der Waals surface area contributed by atoms with E-state index in [0.29, 0.717) is 0 Å². The molecule has 1 aliphatic heterocycles. The fourth-order valence-electron chi connectivity index (χ4n) is 0.869. The quantitative estimate of drug-likeness (QED) is 0.442. The minimum Gasteiger partial charge on any atom is -0.457 e. The van der Waals surface area contributed by atoms with E-state index < -0.39 is 0 Å². The van der Waals surface area contributed by atoms with Crippen LogP contribution in [0.1, 0.15) is 0 Å². The van der Waals surface area contributed by atoms with Crippen LogP contribution in [0.2, 0.25) is 0 Å². The maximum atomic E-state index is 3.78. The van der Waals surface area contributed by atoms with Crippen LogP contribution in [0, 0.1) is 7.05 Å². The molecule has 48 valence electrons. The second kappa shape index (κ2) is 2.03. The second-order valence-corrected chi connectivity index (χ2v) is 2.65. The lowest BCUT2D eigenvalue weighted by Crippen LogP contribution is -2.54. The Morgan fingerprint density at radius 2 is 2.00 bits per heavy atom. The molecule has 0 unspecified atom stereocenters. The summed E-state index contributed by atoms with van der Waals surface area (Å²) in [7, 11) is 8.00. The van der Waals surface area contributed by atoms with Gasteiger partial charge in [0.15, 0.2) is 0 Å². The Balaban J connectivity index is 2.15. The first-order valence-electron chi connectivity index (χ1n) is 2.92. The van der Waals surface area contributed by atoms with Crippen LogP contribution in [-0.2, 0) is 0 Å². The largest absolute Gasteiger partial charge is 0.457 e. The van der Waals surface area contributed by atoms with Crippen molar-refractivity contribution in [1.82, 2.24) is 9.80 Å². The third kappa shape index (κ3) is 1.01. The topological polar surface area (TPSA) is 6.48 Å². The van der Waals surface area contributed by atoms with Crippen molar-refractivity contribution in [3.05, 3.63) is 7.05 Å². The van der Waals surface area contributed by atoms with Gasteiger partial charge in [-0.2, -0.15) is 0 Å². The van der Waals surface area contributed by atoms with Crippen molar-refractivity contribution >= 4 is 0 Å². The van der Waals surface area contributed by atoms with E-state index in [0.717, 1.165) is 19.1 Å². The Bertz CT molecular complexity index is 74.6. The van der Waals surface area contributed by atoms with Gasteiger partial charge in [0.25, 0.3) is 0 Å². The Labute approximate surface area is 51.1 Å². The van der Waals surface area contributed by atoms with E-state index >= 15 is 0 Å². The van der Waals surface area contributed by atoms with E-state index in [2.05, 4.69) is 30.9 Å². The van der Waals surface area contributed by atoms with E-state index in [9.17, 15) is 0 Å². The maximum Gasteiger partial charge on any atom is 0.0296 e. The van der Waals surface area contributed by atoms with E-state index in [1.165, 1.54) is 0 Å². The van der Waals surface area contributed by atoms with Gasteiger partial charge in [-0.1, -0.05) is 0 Å². The van der Waals surface area contributed by atoms with Gasteiger partial charge in [0.2, 0.25) is 0 Å². The third-order valence-electron chi connectivity index (χ3n) is 1.67. The molecule has 1 saturated heterocycles. The smallest absolute Gasteiger partial charge is 0.0296 e. The summed E-state index contributed by atoms with van der Waals surface area (Å²) >= 11 is 0. The zero-order chi connectivity index (χ0) is 6.15. The number of likely N-dealkylation sites (tertiary alicyclic amines) is 1. The Hall–Kier alpha value is -0.0800. The zero-order valence-electron chi connectivity index (χ0n) is 5.59. The standard InChI is InChI=1S/C6H13N2/c1-7(2)6-4-8(3)5-6/h6H,3-5H2,1-2H3/q-1. The maximum absolute atomic E-state index is 3.78. The number of hydrogen-bond donors (Lipinski definition) is 0. The van der Waals surface area contributed by atoms with Crippen LogP contribution in [-0.4, -0.2) is 43.0 Å². The number of rotatable bonds is 1. The molecule has 0 amide bonds. The number of hydrogen-bond acceptors (Lipinski definition) is 2. The van der Waals surface area contributed by atoms with E-state index in [1.54, 1.807) is 0 Å². The molecule has 8 heavy (non-hydrogen) atoms. The fraction of sp³-hybridized carbons (Fsp3) is 0.833. The molecule has 0 aromatic carbocycles. The minimum atomic E-state index is 0.757. The van der Waals surface area contributed by atoms with Crippen LogP contribution in [0.15, 0.2) is 0 Å². The first-order valence-corrected chi connectivity index (χ1v) is 2.92. The summed E-state index contributed by atoms with van der Waals surface area (Å²) in [5, 5.41) is 0. The first kappa shape index (κ1) is 6.05. The average molecular weight is 113 g/mol. The van der Waals surface area contributed by atoms with Crippen molar-refractivity contribution < 1.29 is 0 Å². The first-order chi connectivity index (χ1) is 3.70. The van der Waals surface area contributed by atoms with Crippen molar-refractivity contribution in [2.75, 3.05) is 27.2 Å². The van der Waals surface area contributed by atoms with Crippen LogP contribution in [0.4, 0.5) is 0 Å². The summed E-state index contributed by atoms with van der Waals surface area (Å²) in [5.74, 6) is 0. The molecule has 2 nitrogen and oxygen atoms in total. The minimum absolute atomic E-state index is 0.757. The zero-order valence-corrected chi connectivity index (χ0v) is 5.59. The molecular weight excluding hydrogens is 100 g/mol. The molecular formula is C6H13N2-. The molecule has 2 heteroatoms. The predicted molar refractivity (Wildman–Crippen MR) is 34.4 cm³/mol. The molecule has 1 aliphatic rings. The van der Waals surface area contributed by atoms with Crippen molar-refractivity contribution in [3.8, 4) is 0 Å². The molecule has 0 bridgehead atoms. The van der Waals surface area contributed by atoms with Crippen molar-refractivity contribution in [2.24, 2.45) is 0 Å². The van der Waals surface area contributed by atoms with Crippen molar-refractivity contribution in [1.29, 1.82) is 0 Å². The molecule has 0 aliphatic carbocycles. The Morgan fingerprint density at radius 3 is 2.12 bits per heavy atom.